The Morgan fingerprint density at radius 2 is 1.76 bits per heavy atom. The summed E-state index contributed by atoms with van der Waals surface area (Å²) in [5.74, 6) is -1.00. The van der Waals surface area contributed by atoms with E-state index in [4.69, 9.17) is 0 Å². The van der Waals surface area contributed by atoms with Crippen molar-refractivity contribution in [1.82, 2.24) is 4.72 Å². The Morgan fingerprint density at radius 3 is 2.40 bits per heavy atom. The molecule has 0 aliphatic carbocycles. The first kappa shape index (κ1) is 18.6. The molecule has 0 unspecified atom stereocenters. The van der Waals surface area contributed by atoms with Crippen LogP contribution in [0, 0.1) is 6.92 Å². The SMILES string of the molecule is CNS(=O)(=O)c1cccc(C(=O)Nc2cc(C(=O)OC)ccc2C)c1. The highest BCUT2D eigenvalue weighted by Gasteiger charge is 2.15. The number of rotatable bonds is 5. The van der Waals surface area contributed by atoms with Gasteiger partial charge in [-0.05, 0) is 49.9 Å². The maximum absolute atomic E-state index is 12.4. The largest absolute Gasteiger partial charge is 0.465 e. The van der Waals surface area contributed by atoms with Gasteiger partial charge in [0.15, 0.2) is 0 Å². The van der Waals surface area contributed by atoms with Crippen molar-refractivity contribution in [2.75, 3.05) is 19.5 Å². The first-order valence-electron chi connectivity index (χ1n) is 7.32. The Hall–Kier alpha value is -2.71. The summed E-state index contributed by atoms with van der Waals surface area (Å²) in [6, 6.07) is 10.4. The Morgan fingerprint density at radius 1 is 1.04 bits per heavy atom. The molecule has 0 saturated heterocycles. The minimum absolute atomic E-state index is 0.0114. The molecule has 0 aliphatic rings. The maximum atomic E-state index is 12.4. The number of amides is 1. The number of sulfonamides is 1. The topological polar surface area (TPSA) is 102 Å². The van der Waals surface area contributed by atoms with E-state index in [0.717, 1.165) is 5.56 Å². The fourth-order valence-electron chi connectivity index (χ4n) is 2.12. The number of hydrogen-bond acceptors (Lipinski definition) is 5. The number of benzene rings is 2. The first-order valence-corrected chi connectivity index (χ1v) is 8.80. The summed E-state index contributed by atoms with van der Waals surface area (Å²) in [5.41, 5.74) is 1.67. The van der Waals surface area contributed by atoms with Gasteiger partial charge in [-0.15, -0.1) is 0 Å². The smallest absolute Gasteiger partial charge is 0.337 e. The van der Waals surface area contributed by atoms with Crippen LogP contribution >= 0.6 is 0 Å². The van der Waals surface area contributed by atoms with Crippen LogP contribution in [-0.4, -0.2) is 34.5 Å². The molecule has 0 atom stereocenters. The van der Waals surface area contributed by atoms with Gasteiger partial charge in [-0.2, -0.15) is 0 Å². The van der Waals surface area contributed by atoms with E-state index in [1.54, 1.807) is 19.1 Å². The van der Waals surface area contributed by atoms with Crippen molar-refractivity contribution in [2.24, 2.45) is 0 Å². The van der Waals surface area contributed by atoms with Gasteiger partial charge >= 0.3 is 5.97 Å². The molecular weight excluding hydrogens is 344 g/mol. The fourth-order valence-corrected chi connectivity index (χ4v) is 2.89. The van der Waals surface area contributed by atoms with Crippen molar-refractivity contribution in [3.8, 4) is 0 Å². The molecule has 0 fully saturated rings. The number of esters is 1. The van der Waals surface area contributed by atoms with E-state index in [-0.39, 0.29) is 10.5 Å². The maximum Gasteiger partial charge on any atom is 0.337 e. The number of aryl methyl sites for hydroxylation is 1. The van der Waals surface area contributed by atoms with E-state index in [9.17, 15) is 18.0 Å². The van der Waals surface area contributed by atoms with Crippen molar-refractivity contribution in [3.63, 3.8) is 0 Å². The number of nitrogens with one attached hydrogen (secondary N) is 2. The number of anilines is 1. The van der Waals surface area contributed by atoms with Gasteiger partial charge in [0.2, 0.25) is 10.0 Å². The molecule has 0 heterocycles. The number of methoxy groups -OCH3 is 1. The van der Waals surface area contributed by atoms with Crippen LogP contribution in [0.15, 0.2) is 47.4 Å². The van der Waals surface area contributed by atoms with Crippen LogP contribution in [0.2, 0.25) is 0 Å². The molecule has 2 aromatic rings. The van der Waals surface area contributed by atoms with Crippen molar-refractivity contribution in [3.05, 3.63) is 59.2 Å². The molecule has 2 rings (SSSR count). The molecule has 0 aliphatic heterocycles. The summed E-state index contributed by atoms with van der Waals surface area (Å²) < 4.78 is 30.6. The average molecular weight is 362 g/mol. The highest BCUT2D eigenvalue weighted by Crippen LogP contribution is 2.19. The molecule has 2 aromatic carbocycles. The molecule has 8 heteroatoms. The Bertz CT molecular complexity index is 922. The van der Waals surface area contributed by atoms with Crippen molar-refractivity contribution < 1.29 is 22.7 Å². The van der Waals surface area contributed by atoms with Crippen LogP contribution in [0.4, 0.5) is 5.69 Å². The van der Waals surface area contributed by atoms with Gasteiger partial charge in [-0.25, -0.2) is 17.9 Å². The Labute approximate surface area is 146 Å². The second-order valence-corrected chi connectivity index (χ2v) is 7.10. The molecule has 0 spiro atoms. The van der Waals surface area contributed by atoms with Gasteiger partial charge in [0, 0.05) is 11.3 Å². The van der Waals surface area contributed by atoms with E-state index in [1.165, 1.54) is 44.5 Å². The van der Waals surface area contributed by atoms with Crippen molar-refractivity contribution in [2.45, 2.75) is 11.8 Å². The average Bonchev–Trinajstić information content (AvgIpc) is 2.62. The van der Waals surface area contributed by atoms with Gasteiger partial charge < -0.3 is 10.1 Å². The molecule has 132 valence electrons. The van der Waals surface area contributed by atoms with Crippen LogP contribution in [0.1, 0.15) is 26.3 Å². The summed E-state index contributed by atoms with van der Waals surface area (Å²) in [6.45, 7) is 1.78. The highest BCUT2D eigenvalue weighted by atomic mass is 32.2. The summed E-state index contributed by atoms with van der Waals surface area (Å²) in [4.78, 5) is 24.0. The van der Waals surface area contributed by atoms with Gasteiger partial charge in [0.1, 0.15) is 0 Å². The summed E-state index contributed by atoms with van der Waals surface area (Å²) >= 11 is 0. The van der Waals surface area contributed by atoms with Gasteiger partial charge in [-0.3, -0.25) is 4.79 Å². The molecule has 0 saturated carbocycles. The standard InChI is InChI=1S/C17H18N2O5S/c1-11-7-8-13(17(21)24-3)10-15(11)19-16(20)12-5-4-6-14(9-12)25(22,23)18-2/h4-10,18H,1-3H3,(H,19,20). The highest BCUT2D eigenvalue weighted by molar-refractivity contribution is 7.89. The van der Waals surface area contributed by atoms with Crippen molar-refractivity contribution >= 4 is 27.6 Å². The minimum Gasteiger partial charge on any atom is -0.465 e. The van der Waals surface area contributed by atoms with E-state index >= 15 is 0 Å². The zero-order valence-corrected chi connectivity index (χ0v) is 14.8. The van der Waals surface area contributed by atoms with Crippen LogP contribution in [-0.2, 0) is 14.8 Å². The molecule has 2 N–H and O–H groups in total. The number of carbonyl (C=O) groups is 2. The number of ether oxygens (including phenoxy) is 1. The lowest BCUT2D eigenvalue weighted by molar-refractivity contribution is 0.0600. The summed E-state index contributed by atoms with van der Waals surface area (Å²) in [7, 11) is -1.08. The fraction of sp³-hybridized carbons (Fsp3) is 0.176. The Kier molecular flexibility index (Phi) is 5.55. The third kappa shape index (κ3) is 4.23. The third-order valence-corrected chi connectivity index (χ3v) is 4.99. The predicted octanol–water partition coefficient (Wildman–Crippen LogP) is 1.94. The zero-order valence-electron chi connectivity index (χ0n) is 14.0. The van der Waals surface area contributed by atoms with Crippen LogP contribution < -0.4 is 10.0 Å². The van der Waals surface area contributed by atoms with E-state index in [0.29, 0.717) is 11.3 Å². The van der Waals surface area contributed by atoms with Gasteiger partial charge in [0.05, 0.1) is 17.6 Å². The van der Waals surface area contributed by atoms with E-state index in [1.807, 2.05) is 0 Å². The second kappa shape index (κ2) is 7.45. The summed E-state index contributed by atoms with van der Waals surface area (Å²) in [5, 5.41) is 2.68. The lowest BCUT2D eigenvalue weighted by atomic mass is 10.1. The molecule has 1 amide bonds. The van der Waals surface area contributed by atoms with Crippen LogP contribution in [0.5, 0.6) is 0 Å². The third-order valence-electron chi connectivity index (χ3n) is 3.58. The van der Waals surface area contributed by atoms with Gasteiger partial charge in [-0.1, -0.05) is 12.1 Å². The lowest BCUT2D eigenvalue weighted by Gasteiger charge is -2.11. The zero-order chi connectivity index (χ0) is 18.6. The molecule has 25 heavy (non-hydrogen) atoms. The minimum atomic E-state index is -3.65. The second-order valence-electron chi connectivity index (χ2n) is 5.21. The number of carbonyl (C=O) groups excluding carboxylic acids is 2. The molecule has 0 aromatic heterocycles. The van der Waals surface area contributed by atoms with E-state index < -0.39 is 21.9 Å². The number of hydrogen-bond donors (Lipinski definition) is 2. The van der Waals surface area contributed by atoms with Crippen LogP contribution in [0.3, 0.4) is 0 Å². The molecule has 0 bridgehead atoms. The van der Waals surface area contributed by atoms with E-state index in [2.05, 4.69) is 14.8 Å². The van der Waals surface area contributed by atoms with Crippen LogP contribution in [0.25, 0.3) is 0 Å². The monoisotopic (exact) mass is 362 g/mol. The predicted molar refractivity (Wildman–Crippen MR) is 93.2 cm³/mol. The molecule has 7 nitrogen and oxygen atoms in total. The normalized spacial score (nSPS) is 11.0. The first-order chi connectivity index (χ1) is 11.8. The van der Waals surface area contributed by atoms with Crippen molar-refractivity contribution in [1.29, 1.82) is 0 Å². The molecule has 0 radical (unpaired) electrons. The lowest BCUT2D eigenvalue weighted by Crippen LogP contribution is -2.20. The van der Waals surface area contributed by atoms with Gasteiger partial charge in [0.25, 0.3) is 5.91 Å². The quantitative estimate of drug-likeness (QED) is 0.792. The Balaban J connectivity index is 2.32. The summed E-state index contributed by atoms with van der Waals surface area (Å²) in [6.07, 6.45) is 0. The molecular formula is C17H18N2O5S.